The van der Waals surface area contributed by atoms with Crippen LogP contribution in [0.25, 0.3) is 0 Å². The Labute approximate surface area is 184 Å². The van der Waals surface area contributed by atoms with E-state index in [1.165, 1.54) is 4.90 Å². The molecule has 2 spiro atoms. The monoisotopic (exact) mass is 431 g/mol. The molecule has 1 heterocycles. The van der Waals surface area contributed by atoms with E-state index in [0.717, 1.165) is 70.0 Å². The summed E-state index contributed by atoms with van der Waals surface area (Å²) in [7, 11) is 3.35. The molecule has 5 aliphatic rings. The number of aliphatic hydroxyl groups is 1. The number of carboxylic acids is 1. The lowest BCUT2D eigenvalue weighted by Gasteiger charge is -2.58. The molecule has 4 fully saturated rings. The van der Waals surface area contributed by atoms with Crippen molar-refractivity contribution in [1.82, 2.24) is 0 Å². The zero-order chi connectivity index (χ0) is 22.0. The number of rotatable bonds is 2. The van der Waals surface area contributed by atoms with E-state index in [1.807, 2.05) is 0 Å². The number of guanidine groups is 1. The van der Waals surface area contributed by atoms with Gasteiger partial charge in [0.15, 0.2) is 0 Å². The van der Waals surface area contributed by atoms with E-state index in [9.17, 15) is 15.0 Å². The molecule has 7 nitrogen and oxygen atoms in total. The standard InChI is InChI=1S/C24H37N3O4/c1-26-21(25)27-11-5-10-22(14-27)16-9-8-15-6-3-4-7-18(31-2)24(30)13-23(15,22)17(12-16)19(24)20(28)29/h15-16,18,30H,3-14H2,1-2H3,(H2,25,26)(H,28,29). The van der Waals surface area contributed by atoms with E-state index in [-0.39, 0.29) is 16.4 Å². The zero-order valence-corrected chi connectivity index (χ0v) is 18.9. The van der Waals surface area contributed by atoms with Crippen LogP contribution in [0.15, 0.2) is 16.1 Å². The van der Waals surface area contributed by atoms with Gasteiger partial charge in [0.25, 0.3) is 5.96 Å². The van der Waals surface area contributed by atoms with Crippen molar-refractivity contribution in [3.8, 4) is 0 Å². The number of carbonyl (C=O) groups excluding carboxylic acids is 1. The van der Waals surface area contributed by atoms with Crippen LogP contribution in [0.4, 0.5) is 0 Å². The Balaban J connectivity index is 1.73. The first-order chi connectivity index (χ1) is 14.8. The largest absolute Gasteiger partial charge is 0.545 e. The molecule has 3 saturated carbocycles. The Morgan fingerprint density at radius 2 is 1.97 bits per heavy atom. The normalized spacial score (nSPS) is 47.3. The Kier molecular flexibility index (Phi) is 5.03. The highest BCUT2D eigenvalue weighted by molar-refractivity contribution is 5.90. The number of piperidine rings is 1. The van der Waals surface area contributed by atoms with Crippen molar-refractivity contribution < 1.29 is 24.6 Å². The number of methoxy groups -OCH3 is 1. The average Bonchev–Trinajstić information content (AvgIpc) is 3.10. The summed E-state index contributed by atoms with van der Waals surface area (Å²) in [6.45, 7) is 1.85. The van der Waals surface area contributed by atoms with Gasteiger partial charge < -0.3 is 25.5 Å². The molecule has 7 atom stereocenters. The number of hydrogen-bond donors (Lipinski definition) is 3. The third kappa shape index (κ3) is 2.63. The minimum atomic E-state index is -1.47. The predicted molar refractivity (Wildman–Crippen MR) is 114 cm³/mol. The molecule has 7 unspecified atom stereocenters. The highest BCUT2D eigenvalue weighted by Crippen LogP contribution is 2.76. The Morgan fingerprint density at radius 1 is 1.23 bits per heavy atom. The van der Waals surface area contributed by atoms with Crippen LogP contribution in [0.3, 0.4) is 0 Å². The van der Waals surface area contributed by atoms with Crippen molar-refractivity contribution in [3.63, 3.8) is 0 Å². The second-order valence-corrected chi connectivity index (χ2v) is 10.8. The molecule has 1 aliphatic heterocycles. The number of ether oxygens (including phenoxy) is 1. The SMILES string of the molecule is CN=C(N)[NH+]1CCCC2(C1)C1CCC3CCCCC(OC)C4(O)CC32C(=C4C(=O)[O-])C1. The third-order valence-corrected chi connectivity index (χ3v) is 10.0. The zero-order valence-electron chi connectivity index (χ0n) is 18.9. The number of allylic oxidation sites excluding steroid dienone is 1. The summed E-state index contributed by atoms with van der Waals surface area (Å²) in [5.41, 5.74) is 5.68. The van der Waals surface area contributed by atoms with Crippen molar-refractivity contribution in [2.45, 2.75) is 75.9 Å². The van der Waals surface area contributed by atoms with E-state index >= 15 is 0 Å². The first-order valence-corrected chi connectivity index (χ1v) is 12.1. The molecule has 1 saturated heterocycles. The fraction of sp³-hybridized carbons (Fsp3) is 0.833. The van der Waals surface area contributed by atoms with Crippen molar-refractivity contribution in [3.05, 3.63) is 11.1 Å². The molecule has 0 aromatic rings. The molecule has 0 aromatic heterocycles. The molecule has 7 heteroatoms. The number of fused-ring (bicyclic) bond motifs is 1. The van der Waals surface area contributed by atoms with Gasteiger partial charge in [-0.2, -0.15) is 0 Å². The summed E-state index contributed by atoms with van der Waals surface area (Å²) in [6, 6.07) is 0. The van der Waals surface area contributed by atoms with Crippen molar-refractivity contribution in [2.24, 2.45) is 33.4 Å². The van der Waals surface area contributed by atoms with Gasteiger partial charge in [-0.15, -0.1) is 0 Å². The average molecular weight is 432 g/mol. The van der Waals surface area contributed by atoms with Gasteiger partial charge in [-0.3, -0.25) is 4.90 Å². The van der Waals surface area contributed by atoms with E-state index in [0.29, 0.717) is 30.6 Å². The maximum absolute atomic E-state index is 12.6. The summed E-state index contributed by atoms with van der Waals surface area (Å²) in [6.07, 6.45) is 8.96. The van der Waals surface area contributed by atoms with Crippen molar-refractivity contribution in [2.75, 3.05) is 27.2 Å². The van der Waals surface area contributed by atoms with E-state index < -0.39 is 17.7 Å². The summed E-state index contributed by atoms with van der Waals surface area (Å²) >= 11 is 0. The van der Waals surface area contributed by atoms with Crippen molar-refractivity contribution >= 4 is 11.9 Å². The van der Waals surface area contributed by atoms with Crippen LogP contribution in [0.1, 0.15) is 64.2 Å². The number of aliphatic carboxylic acids is 1. The van der Waals surface area contributed by atoms with E-state index in [4.69, 9.17) is 10.5 Å². The smallest absolute Gasteiger partial charge is 0.293 e. The van der Waals surface area contributed by atoms with Crippen LogP contribution in [-0.4, -0.2) is 56.0 Å². The molecule has 172 valence electrons. The van der Waals surface area contributed by atoms with Gasteiger partial charge in [-0.05, 0) is 63.2 Å². The maximum Gasteiger partial charge on any atom is 0.293 e. The summed E-state index contributed by atoms with van der Waals surface area (Å²) < 4.78 is 5.77. The fourth-order valence-electron chi connectivity index (χ4n) is 9.01. The number of aliphatic imine (C=N–C) groups is 1. The highest BCUT2D eigenvalue weighted by atomic mass is 16.5. The van der Waals surface area contributed by atoms with Gasteiger partial charge in [0.1, 0.15) is 5.60 Å². The Hall–Kier alpha value is -1.44. The lowest BCUT2D eigenvalue weighted by Crippen LogP contribution is -3.18. The summed E-state index contributed by atoms with van der Waals surface area (Å²) in [5.74, 6) is 0.293. The first kappa shape index (κ1) is 21.4. The minimum absolute atomic E-state index is 0.0397. The molecule has 3 bridgehead atoms. The van der Waals surface area contributed by atoms with Gasteiger partial charge in [0.2, 0.25) is 0 Å². The van der Waals surface area contributed by atoms with Gasteiger partial charge in [-0.25, -0.2) is 4.99 Å². The first-order valence-electron chi connectivity index (χ1n) is 12.1. The summed E-state index contributed by atoms with van der Waals surface area (Å²) in [5, 5.41) is 24.6. The van der Waals surface area contributed by atoms with Crippen molar-refractivity contribution in [1.29, 1.82) is 0 Å². The molecule has 4 N–H and O–H groups in total. The van der Waals surface area contributed by atoms with E-state index in [1.54, 1.807) is 14.2 Å². The molecule has 0 amide bonds. The van der Waals surface area contributed by atoms with Crippen LogP contribution in [0.5, 0.6) is 0 Å². The number of hydrogen-bond acceptors (Lipinski definition) is 5. The number of nitrogens with zero attached hydrogens (tertiary/aromatic N) is 1. The minimum Gasteiger partial charge on any atom is -0.545 e. The quantitative estimate of drug-likeness (QED) is 0.413. The highest BCUT2D eigenvalue weighted by Gasteiger charge is 2.75. The van der Waals surface area contributed by atoms with E-state index in [2.05, 4.69) is 4.99 Å². The number of likely N-dealkylation sites (tertiary alicyclic amines) is 1. The number of nitrogens with one attached hydrogen (secondary N) is 1. The lowest BCUT2D eigenvalue weighted by molar-refractivity contribution is -0.826. The Morgan fingerprint density at radius 3 is 2.68 bits per heavy atom. The Bertz CT molecular complexity index is 841. The maximum atomic E-state index is 12.6. The van der Waals surface area contributed by atoms with Crippen LogP contribution in [-0.2, 0) is 9.53 Å². The topological polar surface area (TPSA) is 112 Å². The molecule has 4 aliphatic carbocycles. The number of nitrogens with two attached hydrogens (primary N) is 1. The third-order valence-electron chi connectivity index (χ3n) is 10.0. The summed E-state index contributed by atoms with van der Waals surface area (Å²) in [4.78, 5) is 18.1. The van der Waals surface area contributed by atoms with Crippen LogP contribution in [0, 0.1) is 22.7 Å². The van der Waals surface area contributed by atoms with Crippen LogP contribution in [0.2, 0.25) is 0 Å². The number of carboxylic acid groups (broad SMARTS) is 1. The molecule has 31 heavy (non-hydrogen) atoms. The molecular weight excluding hydrogens is 394 g/mol. The predicted octanol–water partition coefficient (Wildman–Crippen LogP) is -0.217. The number of carbonyl (C=O) groups is 1. The van der Waals surface area contributed by atoms with Crippen LogP contribution >= 0.6 is 0 Å². The van der Waals surface area contributed by atoms with Crippen LogP contribution < -0.4 is 15.7 Å². The second kappa shape index (κ2) is 7.29. The molecule has 0 aromatic carbocycles. The van der Waals surface area contributed by atoms with Gasteiger partial charge in [0.05, 0.1) is 25.2 Å². The lowest BCUT2D eigenvalue weighted by atomic mass is 9.47. The fourth-order valence-corrected chi connectivity index (χ4v) is 9.01. The van der Waals surface area contributed by atoms with Gasteiger partial charge in [0, 0.05) is 30.6 Å². The second-order valence-electron chi connectivity index (χ2n) is 10.8. The molecule has 5 rings (SSSR count). The number of quaternary nitrogens is 1. The molecular formula is C24H37N3O4. The van der Waals surface area contributed by atoms with Gasteiger partial charge >= 0.3 is 0 Å². The molecule has 0 radical (unpaired) electrons. The van der Waals surface area contributed by atoms with Gasteiger partial charge in [-0.1, -0.05) is 18.4 Å².